The van der Waals surface area contributed by atoms with Crippen LogP contribution in [-0.2, 0) is 16.4 Å². The van der Waals surface area contributed by atoms with Gasteiger partial charge in [-0.05, 0) is 30.4 Å². The predicted octanol–water partition coefficient (Wildman–Crippen LogP) is 2.87. The van der Waals surface area contributed by atoms with E-state index in [9.17, 15) is 13.2 Å². The summed E-state index contributed by atoms with van der Waals surface area (Å²) in [5, 5.41) is 2.92. The average molecular weight is 357 g/mol. The minimum atomic E-state index is -3.16. The molecule has 1 unspecified atom stereocenters. The number of sulfone groups is 1. The molecule has 0 spiro atoms. The molecule has 3 rings (SSSR count). The number of carbonyl (C=O) groups excluding carboxylic acids is 1. The van der Waals surface area contributed by atoms with Gasteiger partial charge in [-0.15, -0.1) is 11.3 Å². The second-order valence-corrected chi connectivity index (χ2v) is 10.1. The molecule has 2 aliphatic rings. The number of nitrogens with zero attached hydrogens (tertiary/aromatic N) is 1. The Hall–Kier alpha value is -1.08. The van der Waals surface area contributed by atoms with Crippen molar-refractivity contribution < 1.29 is 13.2 Å². The van der Waals surface area contributed by atoms with Crippen LogP contribution in [0.4, 0.5) is 4.79 Å². The highest BCUT2D eigenvalue weighted by molar-refractivity contribution is 7.92. The molecule has 2 fully saturated rings. The van der Waals surface area contributed by atoms with Gasteiger partial charge >= 0.3 is 6.03 Å². The van der Waals surface area contributed by atoms with E-state index in [0.29, 0.717) is 16.7 Å². The highest BCUT2D eigenvalue weighted by Gasteiger charge is 2.33. The van der Waals surface area contributed by atoms with E-state index < -0.39 is 9.84 Å². The fraction of sp³-hybridized carbons (Fsp3) is 0.688. The van der Waals surface area contributed by atoms with Crippen LogP contribution in [-0.4, -0.2) is 38.7 Å². The highest BCUT2D eigenvalue weighted by Crippen LogP contribution is 2.36. The lowest BCUT2D eigenvalue weighted by molar-refractivity contribution is 0.204. The van der Waals surface area contributed by atoms with Crippen LogP contribution >= 0.6 is 11.3 Å². The molecule has 1 aliphatic heterocycles. The van der Waals surface area contributed by atoms with Crippen molar-refractivity contribution in [3.8, 4) is 0 Å². The van der Waals surface area contributed by atoms with Crippen molar-refractivity contribution in [3.63, 3.8) is 0 Å². The van der Waals surface area contributed by atoms with Gasteiger partial charge in [-0.25, -0.2) is 13.2 Å². The number of likely N-dealkylation sites (tertiary alicyclic amines) is 1. The summed E-state index contributed by atoms with van der Waals surface area (Å²) < 4.78 is 23.3. The molecule has 0 aromatic carbocycles. The Morgan fingerprint density at radius 2 is 2.00 bits per heavy atom. The molecule has 1 saturated carbocycles. The first kappa shape index (κ1) is 16.8. The van der Waals surface area contributed by atoms with Crippen molar-refractivity contribution >= 4 is 27.2 Å². The number of carbonyl (C=O) groups is 1. The van der Waals surface area contributed by atoms with E-state index in [1.54, 1.807) is 12.1 Å². The molecular formula is C16H24N2O3S2. The molecular weight excluding hydrogens is 332 g/mol. The lowest BCUT2D eigenvalue weighted by Crippen LogP contribution is -2.38. The first-order valence-corrected chi connectivity index (χ1v) is 11.0. The Morgan fingerprint density at radius 3 is 2.65 bits per heavy atom. The molecule has 128 valence electrons. The van der Waals surface area contributed by atoms with Gasteiger partial charge in [0.1, 0.15) is 4.21 Å². The first-order chi connectivity index (χ1) is 10.9. The van der Waals surface area contributed by atoms with Crippen LogP contribution in [0.2, 0.25) is 0 Å². The molecule has 1 saturated heterocycles. The second kappa shape index (κ2) is 6.81. The molecule has 1 N–H and O–H groups in total. The summed E-state index contributed by atoms with van der Waals surface area (Å²) in [5.41, 5.74) is 0. The van der Waals surface area contributed by atoms with Gasteiger partial charge in [-0.1, -0.05) is 25.7 Å². The number of amides is 2. The second-order valence-electron chi connectivity index (χ2n) is 6.69. The van der Waals surface area contributed by atoms with E-state index in [1.807, 2.05) is 4.90 Å². The van der Waals surface area contributed by atoms with Crippen LogP contribution in [0, 0.1) is 11.8 Å². The van der Waals surface area contributed by atoms with Gasteiger partial charge in [0.2, 0.25) is 0 Å². The Balaban J connectivity index is 1.49. The Kier molecular flexibility index (Phi) is 4.96. The van der Waals surface area contributed by atoms with Crippen LogP contribution in [0.25, 0.3) is 0 Å². The third kappa shape index (κ3) is 4.07. The molecule has 0 bridgehead atoms. The predicted molar refractivity (Wildman–Crippen MR) is 91.3 cm³/mol. The van der Waals surface area contributed by atoms with Gasteiger partial charge < -0.3 is 10.2 Å². The van der Waals surface area contributed by atoms with Gasteiger partial charge in [0.05, 0.1) is 6.54 Å². The van der Waals surface area contributed by atoms with Crippen LogP contribution in [0.5, 0.6) is 0 Å². The lowest BCUT2D eigenvalue weighted by atomic mass is 9.90. The van der Waals surface area contributed by atoms with Crippen LogP contribution in [0.15, 0.2) is 16.3 Å². The highest BCUT2D eigenvalue weighted by atomic mass is 32.2. The maximum atomic E-state index is 12.3. The smallest absolute Gasteiger partial charge is 0.317 e. The molecule has 0 radical (unpaired) electrons. The lowest BCUT2D eigenvalue weighted by Gasteiger charge is -2.20. The molecule has 1 aliphatic carbocycles. The normalized spacial score (nSPS) is 22.7. The Labute approximate surface area is 142 Å². The van der Waals surface area contributed by atoms with Crippen LogP contribution < -0.4 is 5.32 Å². The van der Waals surface area contributed by atoms with E-state index >= 15 is 0 Å². The fourth-order valence-electron chi connectivity index (χ4n) is 3.71. The minimum Gasteiger partial charge on any atom is -0.333 e. The standard InChI is InChI=1S/C16H24N2O3S2/c1-23(20,21)15-7-6-14(22-15)10-17-16(19)18-9-8-13(11-18)12-4-2-3-5-12/h6-7,12-13H,2-5,8-11H2,1H3,(H,17,19). The summed E-state index contributed by atoms with van der Waals surface area (Å²) in [7, 11) is -3.16. The third-order valence-corrected chi connectivity index (χ3v) is 7.90. The summed E-state index contributed by atoms with van der Waals surface area (Å²) in [6, 6.07) is 3.35. The number of rotatable bonds is 4. The van der Waals surface area contributed by atoms with E-state index in [0.717, 1.165) is 30.3 Å². The Bertz CT molecular complexity index is 663. The van der Waals surface area contributed by atoms with Crippen LogP contribution in [0.1, 0.15) is 37.0 Å². The number of nitrogens with one attached hydrogen (secondary N) is 1. The zero-order chi connectivity index (χ0) is 16.4. The minimum absolute atomic E-state index is 0.0280. The van der Waals surface area contributed by atoms with Gasteiger partial charge in [0, 0.05) is 24.2 Å². The van der Waals surface area contributed by atoms with Gasteiger partial charge in [-0.3, -0.25) is 0 Å². The van der Waals surface area contributed by atoms with E-state index in [4.69, 9.17) is 0 Å². The largest absolute Gasteiger partial charge is 0.333 e. The maximum Gasteiger partial charge on any atom is 0.317 e. The number of urea groups is 1. The van der Waals surface area contributed by atoms with Crippen molar-refractivity contribution in [2.75, 3.05) is 19.3 Å². The maximum absolute atomic E-state index is 12.3. The van der Waals surface area contributed by atoms with Crippen molar-refractivity contribution in [2.45, 2.75) is 42.9 Å². The number of hydrogen-bond donors (Lipinski definition) is 1. The zero-order valence-electron chi connectivity index (χ0n) is 13.5. The third-order valence-electron chi connectivity index (χ3n) is 4.99. The molecule has 5 nitrogen and oxygen atoms in total. The molecule has 7 heteroatoms. The van der Waals surface area contributed by atoms with Crippen molar-refractivity contribution in [1.29, 1.82) is 0 Å². The quantitative estimate of drug-likeness (QED) is 0.902. The van der Waals surface area contributed by atoms with Crippen molar-refractivity contribution in [3.05, 3.63) is 17.0 Å². The topological polar surface area (TPSA) is 66.5 Å². The summed E-state index contributed by atoms with van der Waals surface area (Å²) in [4.78, 5) is 15.1. The van der Waals surface area contributed by atoms with Gasteiger partial charge in [-0.2, -0.15) is 0 Å². The molecule has 1 atom stereocenters. The zero-order valence-corrected chi connectivity index (χ0v) is 15.1. The monoisotopic (exact) mass is 356 g/mol. The summed E-state index contributed by atoms with van der Waals surface area (Å²) in [6.07, 6.45) is 7.65. The van der Waals surface area contributed by atoms with Gasteiger partial charge in [0.25, 0.3) is 0 Å². The summed E-state index contributed by atoms with van der Waals surface area (Å²) in [6.45, 7) is 2.10. The van der Waals surface area contributed by atoms with Gasteiger partial charge in [0.15, 0.2) is 9.84 Å². The first-order valence-electron chi connectivity index (χ1n) is 8.25. The molecule has 2 heterocycles. The van der Waals surface area contributed by atoms with Crippen molar-refractivity contribution in [1.82, 2.24) is 10.2 Å². The summed E-state index contributed by atoms with van der Waals surface area (Å²) >= 11 is 1.22. The Morgan fingerprint density at radius 1 is 1.26 bits per heavy atom. The number of hydrogen-bond acceptors (Lipinski definition) is 4. The molecule has 2 amide bonds. The molecule has 23 heavy (non-hydrogen) atoms. The SMILES string of the molecule is CS(=O)(=O)c1ccc(CNC(=O)N2CCC(C3CCCC3)C2)s1. The van der Waals surface area contributed by atoms with E-state index in [2.05, 4.69) is 5.32 Å². The van der Waals surface area contributed by atoms with E-state index in [1.165, 1.54) is 43.3 Å². The van der Waals surface area contributed by atoms with E-state index in [-0.39, 0.29) is 6.03 Å². The molecule has 1 aromatic rings. The summed E-state index contributed by atoms with van der Waals surface area (Å²) in [5.74, 6) is 1.48. The number of thiophene rings is 1. The van der Waals surface area contributed by atoms with Crippen LogP contribution in [0.3, 0.4) is 0 Å². The fourth-order valence-corrected chi connectivity index (χ4v) is 5.63. The molecule has 1 aromatic heterocycles. The van der Waals surface area contributed by atoms with Crippen molar-refractivity contribution in [2.24, 2.45) is 11.8 Å². The average Bonchev–Trinajstić information content (AvgIpc) is 3.22.